The third kappa shape index (κ3) is 2.84. The van der Waals surface area contributed by atoms with E-state index in [-0.39, 0.29) is 0 Å². The maximum Gasteiger partial charge on any atom is 0.118 e. The second kappa shape index (κ2) is 5.14. The SMILES string of the molecule is COc1ccc(CC(C)(N)c2cncnc2)cc1. The van der Waals surface area contributed by atoms with E-state index in [1.807, 2.05) is 31.2 Å². The summed E-state index contributed by atoms with van der Waals surface area (Å²) in [5, 5.41) is 0. The van der Waals surface area contributed by atoms with Gasteiger partial charge in [-0.2, -0.15) is 0 Å². The largest absolute Gasteiger partial charge is 0.497 e. The van der Waals surface area contributed by atoms with Crippen LogP contribution in [-0.2, 0) is 12.0 Å². The van der Waals surface area contributed by atoms with Gasteiger partial charge in [0.2, 0.25) is 0 Å². The lowest BCUT2D eigenvalue weighted by Crippen LogP contribution is -2.35. The van der Waals surface area contributed by atoms with Crippen LogP contribution in [0.3, 0.4) is 0 Å². The topological polar surface area (TPSA) is 61.0 Å². The Morgan fingerprint density at radius 3 is 2.33 bits per heavy atom. The molecular formula is C14H17N3O. The van der Waals surface area contributed by atoms with Gasteiger partial charge in [-0.3, -0.25) is 0 Å². The zero-order valence-corrected chi connectivity index (χ0v) is 10.6. The Hall–Kier alpha value is -1.94. The molecule has 0 aliphatic rings. The standard InChI is InChI=1S/C14H17N3O/c1-14(15,12-8-16-10-17-9-12)7-11-3-5-13(18-2)6-4-11/h3-6,8-10H,7,15H2,1-2H3. The van der Waals surface area contributed by atoms with E-state index in [4.69, 9.17) is 10.5 Å². The maximum absolute atomic E-state index is 6.33. The minimum absolute atomic E-state index is 0.476. The van der Waals surface area contributed by atoms with Gasteiger partial charge in [0.25, 0.3) is 0 Å². The van der Waals surface area contributed by atoms with Gasteiger partial charge >= 0.3 is 0 Å². The molecule has 2 rings (SSSR count). The molecule has 1 aromatic carbocycles. The smallest absolute Gasteiger partial charge is 0.118 e. The number of benzene rings is 1. The predicted molar refractivity (Wildman–Crippen MR) is 70.3 cm³/mol. The van der Waals surface area contributed by atoms with E-state index in [1.54, 1.807) is 19.5 Å². The van der Waals surface area contributed by atoms with Crippen molar-refractivity contribution >= 4 is 0 Å². The lowest BCUT2D eigenvalue weighted by atomic mass is 9.88. The van der Waals surface area contributed by atoms with Gasteiger partial charge in [0.05, 0.1) is 7.11 Å². The Balaban J connectivity index is 2.16. The summed E-state index contributed by atoms with van der Waals surface area (Å²) in [5.41, 5.74) is 7.94. The average molecular weight is 243 g/mol. The highest BCUT2D eigenvalue weighted by Gasteiger charge is 2.22. The third-order valence-corrected chi connectivity index (χ3v) is 2.95. The number of hydrogen-bond donors (Lipinski definition) is 1. The highest BCUT2D eigenvalue weighted by Crippen LogP contribution is 2.22. The molecule has 0 aliphatic carbocycles. The molecule has 2 N–H and O–H groups in total. The van der Waals surface area contributed by atoms with Gasteiger partial charge in [0.1, 0.15) is 12.1 Å². The van der Waals surface area contributed by atoms with Crippen molar-refractivity contribution in [3.63, 3.8) is 0 Å². The fraction of sp³-hybridized carbons (Fsp3) is 0.286. The van der Waals surface area contributed by atoms with Gasteiger partial charge in [-0.05, 0) is 31.0 Å². The Labute approximate surface area is 107 Å². The highest BCUT2D eigenvalue weighted by molar-refractivity contribution is 5.30. The van der Waals surface area contributed by atoms with Crippen molar-refractivity contribution < 1.29 is 4.74 Å². The molecule has 4 heteroatoms. The van der Waals surface area contributed by atoms with E-state index in [2.05, 4.69) is 9.97 Å². The van der Waals surface area contributed by atoms with Crippen LogP contribution in [0.1, 0.15) is 18.1 Å². The monoisotopic (exact) mass is 243 g/mol. The molecule has 2 aromatic rings. The second-order valence-electron chi connectivity index (χ2n) is 4.57. The minimum Gasteiger partial charge on any atom is -0.497 e. The lowest BCUT2D eigenvalue weighted by molar-refractivity contribution is 0.414. The van der Waals surface area contributed by atoms with E-state index < -0.39 is 5.54 Å². The van der Waals surface area contributed by atoms with Crippen molar-refractivity contribution in [2.75, 3.05) is 7.11 Å². The molecule has 1 unspecified atom stereocenters. The summed E-state index contributed by atoms with van der Waals surface area (Å²) >= 11 is 0. The van der Waals surface area contributed by atoms with Crippen LogP contribution < -0.4 is 10.5 Å². The number of rotatable bonds is 4. The molecule has 1 heterocycles. The summed E-state index contributed by atoms with van der Waals surface area (Å²) in [6, 6.07) is 7.92. The molecule has 94 valence electrons. The van der Waals surface area contributed by atoms with Gasteiger partial charge in [-0.25, -0.2) is 9.97 Å². The van der Waals surface area contributed by atoms with E-state index in [9.17, 15) is 0 Å². The van der Waals surface area contributed by atoms with Crippen LogP contribution in [0.25, 0.3) is 0 Å². The number of nitrogens with two attached hydrogens (primary N) is 1. The van der Waals surface area contributed by atoms with Crippen LogP contribution in [0, 0.1) is 0 Å². The predicted octanol–water partition coefficient (Wildman–Crippen LogP) is 1.90. The first kappa shape index (κ1) is 12.5. The second-order valence-corrected chi connectivity index (χ2v) is 4.57. The number of ether oxygens (including phenoxy) is 1. The molecule has 1 atom stereocenters. The first-order valence-corrected chi connectivity index (χ1v) is 5.79. The Kier molecular flexibility index (Phi) is 3.58. The molecule has 0 spiro atoms. The summed E-state index contributed by atoms with van der Waals surface area (Å²) in [5.74, 6) is 0.848. The zero-order valence-electron chi connectivity index (χ0n) is 10.6. The van der Waals surface area contributed by atoms with Gasteiger partial charge in [0, 0.05) is 23.5 Å². The van der Waals surface area contributed by atoms with E-state index in [0.29, 0.717) is 0 Å². The van der Waals surface area contributed by atoms with Gasteiger partial charge < -0.3 is 10.5 Å². The number of aromatic nitrogens is 2. The fourth-order valence-corrected chi connectivity index (χ4v) is 1.86. The van der Waals surface area contributed by atoms with Crippen LogP contribution in [0.4, 0.5) is 0 Å². The van der Waals surface area contributed by atoms with Crippen LogP contribution in [0.15, 0.2) is 43.0 Å². The van der Waals surface area contributed by atoms with Crippen LogP contribution in [-0.4, -0.2) is 17.1 Å². The maximum atomic E-state index is 6.33. The quantitative estimate of drug-likeness (QED) is 0.891. The number of hydrogen-bond acceptors (Lipinski definition) is 4. The van der Waals surface area contributed by atoms with Crippen molar-refractivity contribution in [3.8, 4) is 5.75 Å². The minimum atomic E-state index is -0.476. The molecule has 0 aliphatic heterocycles. The Morgan fingerprint density at radius 1 is 1.17 bits per heavy atom. The van der Waals surface area contributed by atoms with Crippen LogP contribution in [0.2, 0.25) is 0 Å². The van der Waals surface area contributed by atoms with Crippen LogP contribution >= 0.6 is 0 Å². The molecule has 1 aromatic heterocycles. The first-order valence-electron chi connectivity index (χ1n) is 5.79. The van der Waals surface area contributed by atoms with Gasteiger partial charge in [-0.1, -0.05) is 12.1 Å². The molecular weight excluding hydrogens is 226 g/mol. The Morgan fingerprint density at radius 2 is 1.78 bits per heavy atom. The van der Waals surface area contributed by atoms with E-state index in [1.165, 1.54) is 6.33 Å². The lowest BCUT2D eigenvalue weighted by Gasteiger charge is -2.24. The summed E-state index contributed by atoms with van der Waals surface area (Å²) < 4.78 is 5.13. The molecule has 0 fully saturated rings. The summed E-state index contributed by atoms with van der Waals surface area (Å²) in [4.78, 5) is 8.02. The van der Waals surface area contributed by atoms with Crippen molar-refractivity contribution in [2.24, 2.45) is 5.73 Å². The summed E-state index contributed by atoms with van der Waals surface area (Å²) in [7, 11) is 1.66. The fourth-order valence-electron chi connectivity index (χ4n) is 1.86. The number of methoxy groups -OCH3 is 1. The Bertz CT molecular complexity index is 494. The molecule has 0 saturated carbocycles. The summed E-state index contributed by atoms with van der Waals surface area (Å²) in [6.45, 7) is 1.98. The van der Waals surface area contributed by atoms with E-state index >= 15 is 0 Å². The van der Waals surface area contributed by atoms with Crippen molar-refractivity contribution in [2.45, 2.75) is 18.9 Å². The molecule has 0 bridgehead atoms. The molecule has 18 heavy (non-hydrogen) atoms. The third-order valence-electron chi connectivity index (χ3n) is 2.95. The van der Waals surface area contributed by atoms with E-state index in [0.717, 1.165) is 23.3 Å². The average Bonchev–Trinajstić information content (AvgIpc) is 2.40. The first-order chi connectivity index (χ1) is 8.62. The van der Waals surface area contributed by atoms with Gasteiger partial charge in [0.15, 0.2) is 0 Å². The van der Waals surface area contributed by atoms with Gasteiger partial charge in [-0.15, -0.1) is 0 Å². The molecule has 0 radical (unpaired) electrons. The van der Waals surface area contributed by atoms with Crippen molar-refractivity contribution in [1.82, 2.24) is 9.97 Å². The number of nitrogens with zero attached hydrogens (tertiary/aromatic N) is 2. The molecule has 0 saturated heterocycles. The highest BCUT2D eigenvalue weighted by atomic mass is 16.5. The van der Waals surface area contributed by atoms with Crippen molar-refractivity contribution in [3.05, 3.63) is 54.1 Å². The molecule has 4 nitrogen and oxygen atoms in total. The zero-order chi connectivity index (χ0) is 13.0. The molecule has 0 amide bonds. The van der Waals surface area contributed by atoms with Crippen molar-refractivity contribution in [1.29, 1.82) is 0 Å². The normalized spacial score (nSPS) is 13.9. The summed E-state index contributed by atoms with van der Waals surface area (Å²) in [6.07, 6.45) is 5.75. The van der Waals surface area contributed by atoms with Crippen LogP contribution in [0.5, 0.6) is 5.75 Å².